The van der Waals surface area contributed by atoms with Crippen molar-refractivity contribution in [3.63, 3.8) is 0 Å². The molecule has 0 aromatic heterocycles. The van der Waals surface area contributed by atoms with Gasteiger partial charge in [-0.2, -0.15) is 0 Å². The summed E-state index contributed by atoms with van der Waals surface area (Å²) in [5.41, 5.74) is 1.44. The molecule has 1 nitrogen and oxygen atoms in total. The fourth-order valence-corrected chi connectivity index (χ4v) is 2.60. The van der Waals surface area contributed by atoms with Crippen molar-refractivity contribution in [2.75, 3.05) is 6.54 Å². The van der Waals surface area contributed by atoms with E-state index in [-0.39, 0.29) is 0 Å². The second-order valence-electron chi connectivity index (χ2n) is 5.41. The Kier molecular flexibility index (Phi) is 4.47. The molecule has 1 N–H and O–H groups in total. The summed E-state index contributed by atoms with van der Waals surface area (Å²) in [5, 5.41) is 4.41. The van der Waals surface area contributed by atoms with Crippen LogP contribution in [-0.2, 0) is 0 Å². The topological polar surface area (TPSA) is 12.0 Å². The molecule has 17 heavy (non-hydrogen) atoms. The van der Waals surface area contributed by atoms with Crippen LogP contribution >= 0.6 is 11.6 Å². The van der Waals surface area contributed by atoms with E-state index in [2.05, 4.69) is 31.3 Å². The average Bonchev–Trinajstić information content (AvgIpc) is 2.22. The minimum absolute atomic E-state index is 0.560. The number of halogens is 1. The summed E-state index contributed by atoms with van der Waals surface area (Å²) in [5.74, 6) is 1.52. The van der Waals surface area contributed by atoms with E-state index in [1.54, 1.807) is 0 Å². The highest BCUT2D eigenvalue weighted by Crippen LogP contribution is 2.39. The number of hydrogen-bond acceptors (Lipinski definition) is 1. The predicted octanol–water partition coefficient (Wildman–Crippen LogP) is 4.22. The Balaban J connectivity index is 2.05. The Labute approximate surface area is 110 Å². The van der Waals surface area contributed by atoms with E-state index in [4.69, 9.17) is 11.6 Å². The zero-order valence-corrected chi connectivity index (χ0v) is 11.5. The van der Waals surface area contributed by atoms with Gasteiger partial charge < -0.3 is 5.32 Å². The number of hydrogen-bond donors (Lipinski definition) is 1. The van der Waals surface area contributed by atoms with Crippen molar-refractivity contribution >= 4 is 11.6 Å². The SMILES string of the molecule is CC(C)NCC(c1ccc(Cl)cc1)C1CCC1. The lowest BCUT2D eigenvalue weighted by Crippen LogP contribution is -2.33. The molecule has 94 valence electrons. The molecule has 1 aromatic rings. The number of benzene rings is 1. The zero-order chi connectivity index (χ0) is 12.3. The van der Waals surface area contributed by atoms with E-state index in [1.807, 2.05) is 12.1 Å². The Morgan fingerprint density at radius 3 is 2.35 bits per heavy atom. The highest BCUT2D eigenvalue weighted by Gasteiger charge is 2.28. The molecule has 2 heteroatoms. The Morgan fingerprint density at radius 2 is 1.88 bits per heavy atom. The summed E-state index contributed by atoms with van der Waals surface area (Å²) in [6, 6.07) is 8.96. The van der Waals surface area contributed by atoms with Crippen LogP contribution in [0.3, 0.4) is 0 Å². The smallest absolute Gasteiger partial charge is 0.0406 e. The molecule has 0 aliphatic heterocycles. The monoisotopic (exact) mass is 251 g/mol. The van der Waals surface area contributed by atoms with Gasteiger partial charge in [-0.05, 0) is 42.4 Å². The fourth-order valence-electron chi connectivity index (χ4n) is 2.47. The first kappa shape index (κ1) is 12.9. The molecule has 1 aliphatic rings. The van der Waals surface area contributed by atoms with Gasteiger partial charge in [-0.1, -0.05) is 44.0 Å². The van der Waals surface area contributed by atoms with Gasteiger partial charge in [-0.25, -0.2) is 0 Å². The third-order valence-electron chi connectivity index (χ3n) is 3.76. The van der Waals surface area contributed by atoms with Crippen LogP contribution in [0.2, 0.25) is 5.02 Å². The Hall–Kier alpha value is -0.530. The first-order valence-electron chi connectivity index (χ1n) is 6.65. The minimum Gasteiger partial charge on any atom is -0.314 e. The maximum Gasteiger partial charge on any atom is 0.0406 e. The first-order chi connectivity index (χ1) is 8.16. The molecule has 1 aromatic carbocycles. The lowest BCUT2D eigenvalue weighted by atomic mass is 9.73. The van der Waals surface area contributed by atoms with Gasteiger partial charge >= 0.3 is 0 Å². The van der Waals surface area contributed by atoms with Gasteiger partial charge in [-0.15, -0.1) is 0 Å². The first-order valence-corrected chi connectivity index (χ1v) is 7.03. The van der Waals surface area contributed by atoms with Gasteiger partial charge in [0, 0.05) is 17.6 Å². The van der Waals surface area contributed by atoms with Gasteiger partial charge in [-0.3, -0.25) is 0 Å². The highest BCUT2D eigenvalue weighted by atomic mass is 35.5. The molecule has 0 bridgehead atoms. The third kappa shape index (κ3) is 3.46. The highest BCUT2D eigenvalue weighted by molar-refractivity contribution is 6.30. The van der Waals surface area contributed by atoms with Crippen molar-refractivity contribution < 1.29 is 0 Å². The molecule has 1 fully saturated rings. The summed E-state index contributed by atoms with van der Waals surface area (Å²) in [7, 11) is 0. The largest absolute Gasteiger partial charge is 0.314 e. The molecule has 0 amide bonds. The second kappa shape index (κ2) is 5.88. The maximum atomic E-state index is 5.96. The molecular weight excluding hydrogens is 230 g/mol. The van der Waals surface area contributed by atoms with Gasteiger partial charge in [0.25, 0.3) is 0 Å². The van der Waals surface area contributed by atoms with E-state index in [0.29, 0.717) is 12.0 Å². The Bertz CT molecular complexity index is 340. The number of rotatable bonds is 5. The van der Waals surface area contributed by atoms with E-state index in [0.717, 1.165) is 17.5 Å². The maximum absolute atomic E-state index is 5.96. The standard InChI is InChI=1S/C15H22ClN/c1-11(2)17-10-15(12-4-3-5-12)13-6-8-14(16)9-7-13/h6-9,11-12,15,17H,3-5,10H2,1-2H3. The molecule has 1 atom stereocenters. The van der Waals surface area contributed by atoms with Gasteiger partial charge in [0.2, 0.25) is 0 Å². The van der Waals surface area contributed by atoms with Crippen molar-refractivity contribution in [3.05, 3.63) is 34.9 Å². The van der Waals surface area contributed by atoms with Gasteiger partial charge in [0.15, 0.2) is 0 Å². The molecule has 2 rings (SSSR count). The van der Waals surface area contributed by atoms with Crippen molar-refractivity contribution in [2.24, 2.45) is 5.92 Å². The summed E-state index contributed by atoms with van der Waals surface area (Å²) in [6.07, 6.45) is 4.16. The summed E-state index contributed by atoms with van der Waals surface area (Å²) < 4.78 is 0. The molecule has 0 spiro atoms. The zero-order valence-electron chi connectivity index (χ0n) is 10.7. The van der Waals surface area contributed by atoms with Crippen LogP contribution in [-0.4, -0.2) is 12.6 Å². The van der Waals surface area contributed by atoms with Gasteiger partial charge in [0.05, 0.1) is 0 Å². The van der Waals surface area contributed by atoms with Crippen LogP contribution in [0.25, 0.3) is 0 Å². The quantitative estimate of drug-likeness (QED) is 0.826. The van der Waals surface area contributed by atoms with Crippen molar-refractivity contribution in [1.82, 2.24) is 5.32 Å². The second-order valence-corrected chi connectivity index (χ2v) is 5.85. The van der Waals surface area contributed by atoms with Crippen LogP contribution in [0.5, 0.6) is 0 Å². The van der Waals surface area contributed by atoms with Crippen LogP contribution in [0.4, 0.5) is 0 Å². The normalized spacial score (nSPS) is 18.1. The van der Waals surface area contributed by atoms with Crippen LogP contribution < -0.4 is 5.32 Å². The predicted molar refractivity (Wildman–Crippen MR) is 74.7 cm³/mol. The summed E-state index contributed by atoms with van der Waals surface area (Å²) in [4.78, 5) is 0. The van der Waals surface area contributed by atoms with Gasteiger partial charge in [0.1, 0.15) is 0 Å². The van der Waals surface area contributed by atoms with Crippen molar-refractivity contribution in [3.8, 4) is 0 Å². The summed E-state index contributed by atoms with van der Waals surface area (Å²) in [6.45, 7) is 5.50. The molecule has 0 saturated heterocycles. The van der Waals surface area contributed by atoms with Crippen LogP contribution in [0.1, 0.15) is 44.6 Å². The average molecular weight is 252 g/mol. The summed E-state index contributed by atoms with van der Waals surface area (Å²) >= 11 is 5.96. The van der Waals surface area contributed by atoms with Crippen molar-refractivity contribution in [1.29, 1.82) is 0 Å². The molecule has 1 aliphatic carbocycles. The third-order valence-corrected chi connectivity index (χ3v) is 4.02. The Morgan fingerprint density at radius 1 is 1.24 bits per heavy atom. The molecule has 0 heterocycles. The molecule has 1 unspecified atom stereocenters. The van der Waals surface area contributed by atoms with E-state index in [1.165, 1.54) is 24.8 Å². The number of nitrogens with one attached hydrogen (secondary N) is 1. The van der Waals surface area contributed by atoms with E-state index >= 15 is 0 Å². The van der Waals surface area contributed by atoms with Crippen LogP contribution in [0.15, 0.2) is 24.3 Å². The van der Waals surface area contributed by atoms with E-state index < -0.39 is 0 Å². The molecular formula is C15H22ClN. The van der Waals surface area contributed by atoms with Crippen LogP contribution in [0, 0.1) is 5.92 Å². The van der Waals surface area contributed by atoms with Crippen molar-refractivity contribution in [2.45, 2.75) is 45.1 Å². The van der Waals surface area contributed by atoms with E-state index in [9.17, 15) is 0 Å². The fraction of sp³-hybridized carbons (Fsp3) is 0.600. The molecule has 0 radical (unpaired) electrons. The molecule has 1 saturated carbocycles. The minimum atomic E-state index is 0.560. The lowest BCUT2D eigenvalue weighted by Gasteiger charge is -2.35. The lowest BCUT2D eigenvalue weighted by molar-refractivity contribution is 0.252.